The maximum atomic E-state index is 12.4. The van der Waals surface area contributed by atoms with Crippen LogP contribution in [0.5, 0.6) is 28.7 Å². The van der Waals surface area contributed by atoms with Gasteiger partial charge in [0.1, 0.15) is 0 Å². The van der Waals surface area contributed by atoms with Gasteiger partial charge in [0.2, 0.25) is 5.75 Å². The summed E-state index contributed by atoms with van der Waals surface area (Å²) in [5, 5.41) is 39.0. The summed E-state index contributed by atoms with van der Waals surface area (Å²) < 4.78 is 10.7. The predicted octanol–water partition coefficient (Wildman–Crippen LogP) is 1.49. The maximum absolute atomic E-state index is 12.4. The van der Waals surface area contributed by atoms with Crippen LogP contribution in [-0.4, -0.2) is 39.4 Å². The van der Waals surface area contributed by atoms with E-state index in [0.717, 1.165) is 0 Å². The summed E-state index contributed by atoms with van der Waals surface area (Å²) in [4.78, 5) is 12.4. The van der Waals surface area contributed by atoms with Crippen LogP contribution < -0.4 is 9.47 Å². The lowest BCUT2D eigenvalue weighted by molar-refractivity contribution is 0.0202. The molecule has 0 spiro atoms. The van der Waals surface area contributed by atoms with E-state index in [1.165, 1.54) is 37.4 Å². The fourth-order valence-corrected chi connectivity index (χ4v) is 2.52. The molecule has 4 N–H and O–H groups in total. The number of phenols is 3. The zero-order valence-corrected chi connectivity index (χ0v) is 12.1. The standard InChI is InChI=1S/C16H14O7/c1-22-16-10(18)5-3-8-12(20)13(21)14(23-15(8)16)7-2-4-9(17)11(19)6-7/h2-6,13-14,17-19,21H,1H3/t13-,14-/m1/s1. The van der Waals surface area contributed by atoms with Crippen LogP contribution in [-0.2, 0) is 0 Å². The molecule has 2 atom stereocenters. The number of methoxy groups -OCH3 is 1. The fourth-order valence-electron chi connectivity index (χ4n) is 2.52. The highest BCUT2D eigenvalue weighted by atomic mass is 16.5. The van der Waals surface area contributed by atoms with Crippen LogP contribution in [0.4, 0.5) is 0 Å². The van der Waals surface area contributed by atoms with Crippen molar-refractivity contribution in [2.45, 2.75) is 12.2 Å². The van der Waals surface area contributed by atoms with Crippen molar-refractivity contribution in [3.63, 3.8) is 0 Å². The van der Waals surface area contributed by atoms with Crippen molar-refractivity contribution in [3.8, 4) is 28.7 Å². The maximum Gasteiger partial charge on any atom is 0.203 e. The Balaban J connectivity index is 2.11. The first-order valence-corrected chi connectivity index (χ1v) is 6.74. The number of ketones is 1. The summed E-state index contributed by atoms with van der Waals surface area (Å²) >= 11 is 0. The van der Waals surface area contributed by atoms with Gasteiger partial charge in [0.25, 0.3) is 0 Å². The van der Waals surface area contributed by atoms with Gasteiger partial charge in [0.15, 0.2) is 41.0 Å². The van der Waals surface area contributed by atoms with Crippen LogP contribution in [0.25, 0.3) is 0 Å². The van der Waals surface area contributed by atoms with Gasteiger partial charge >= 0.3 is 0 Å². The molecule has 0 unspecified atom stereocenters. The second-order valence-electron chi connectivity index (χ2n) is 5.09. The van der Waals surface area contributed by atoms with Gasteiger partial charge in [0.05, 0.1) is 12.7 Å². The Bertz CT molecular complexity index is 784. The average Bonchev–Trinajstić information content (AvgIpc) is 2.53. The van der Waals surface area contributed by atoms with Crippen LogP contribution in [0.15, 0.2) is 30.3 Å². The fraction of sp³-hybridized carbons (Fsp3) is 0.188. The molecule has 0 amide bonds. The smallest absolute Gasteiger partial charge is 0.203 e. The Morgan fingerprint density at radius 1 is 1.04 bits per heavy atom. The third-order valence-corrected chi connectivity index (χ3v) is 3.69. The Labute approximate surface area is 131 Å². The number of benzene rings is 2. The molecule has 1 heterocycles. The molecule has 0 aliphatic carbocycles. The number of rotatable bonds is 2. The highest BCUT2D eigenvalue weighted by molar-refractivity contribution is 6.04. The molecule has 0 aromatic heterocycles. The van der Waals surface area contributed by atoms with Gasteiger partial charge < -0.3 is 29.9 Å². The highest BCUT2D eigenvalue weighted by Gasteiger charge is 2.39. The summed E-state index contributed by atoms with van der Waals surface area (Å²) in [6.45, 7) is 0. The van der Waals surface area contributed by atoms with Crippen LogP contribution in [0.3, 0.4) is 0 Å². The lowest BCUT2D eigenvalue weighted by Crippen LogP contribution is -2.36. The zero-order chi connectivity index (χ0) is 16.7. The van der Waals surface area contributed by atoms with Gasteiger partial charge in [-0.15, -0.1) is 0 Å². The number of aliphatic hydroxyl groups is 1. The van der Waals surface area contributed by atoms with E-state index in [0.29, 0.717) is 0 Å². The van der Waals surface area contributed by atoms with E-state index >= 15 is 0 Å². The average molecular weight is 318 g/mol. The summed E-state index contributed by atoms with van der Waals surface area (Å²) in [6, 6.07) is 6.44. The molecule has 0 bridgehead atoms. The normalized spacial score (nSPS) is 19.8. The Hall–Kier alpha value is -2.93. The van der Waals surface area contributed by atoms with Crippen molar-refractivity contribution in [1.29, 1.82) is 0 Å². The number of aromatic hydroxyl groups is 3. The third kappa shape index (κ3) is 2.31. The summed E-state index contributed by atoms with van der Waals surface area (Å²) in [5.41, 5.74) is 0.378. The molecule has 23 heavy (non-hydrogen) atoms. The van der Waals surface area contributed by atoms with Gasteiger partial charge in [-0.25, -0.2) is 0 Å². The Morgan fingerprint density at radius 3 is 2.39 bits per heavy atom. The first-order chi connectivity index (χ1) is 10.9. The van der Waals surface area contributed by atoms with E-state index in [1.54, 1.807) is 0 Å². The number of Topliss-reactive ketones (excluding diaryl/α,β-unsaturated/α-hetero) is 1. The van der Waals surface area contributed by atoms with Gasteiger partial charge in [-0.3, -0.25) is 4.79 Å². The van der Waals surface area contributed by atoms with Crippen LogP contribution in [0.2, 0.25) is 0 Å². The monoisotopic (exact) mass is 318 g/mol. The SMILES string of the molecule is COc1c(O)ccc2c1O[C@H](c1ccc(O)c(O)c1)[C@H](O)C2=O. The van der Waals surface area contributed by atoms with Gasteiger partial charge in [-0.2, -0.15) is 0 Å². The first kappa shape index (κ1) is 15.0. The highest BCUT2D eigenvalue weighted by Crippen LogP contribution is 2.46. The summed E-state index contributed by atoms with van der Waals surface area (Å²) in [5.74, 6) is -1.54. The van der Waals surface area contributed by atoms with Crippen molar-refractivity contribution in [2.24, 2.45) is 0 Å². The molecular weight excluding hydrogens is 304 g/mol. The first-order valence-electron chi connectivity index (χ1n) is 6.74. The van der Waals surface area contributed by atoms with Crippen LogP contribution >= 0.6 is 0 Å². The lowest BCUT2D eigenvalue weighted by atomic mass is 9.93. The lowest BCUT2D eigenvalue weighted by Gasteiger charge is -2.30. The number of carbonyl (C=O) groups excluding carboxylic acids is 1. The minimum atomic E-state index is -1.50. The number of hydrogen-bond donors (Lipinski definition) is 4. The Kier molecular flexibility index (Phi) is 3.49. The van der Waals surface area contributed by atoms with E-state index in [1.807, 2.05) is 0 Å². The van der Waals surface area contributed by atoms with Crippen molar-refractivity contribution >= 4 is 5.78 Å². The van der Waals surface area contributed by atoms with Crippen molar-refractivity contribution < 1.29 is 34.7 Å². The molecule has 1 aliphatic heterocycles. The van der Waals surface area contributed by atoms with Gasteiger partial charge in [-0.05, 0) is 29.8 Å². The number of carbonyl (C=O) groups is 1. The van der Waals surface area contributed by atoms with E-state index in [2.05, 4.69) is 0 Å². The second kappa shape index (κ2) is 5.36. The summed E-state index contributed by atoms with van der Waals surface area (Å²) in [6.07, 6.45) is -2.61. The van der Waals surface area contributed by atoms with Gasteiger partial charge in [0, 0.05) is 0 Å². The molecule has 120 valence electrons. The number of phenolic OH excluding ortho intramolecular Hbond substituents is 3. The summed E-state index contributed by atoms with van der Waals surface area (Å²) in [7, 11) is 1.32. The molecule has 2 aromatic carbocycles. The number of hydrogen-bond acceptors (Lipinski definition) is 7. The molecule has 0 saturated carbocycles. The molecule has 0 radical (unpaired) electrons. The molecule has 7 heteroatoms. The van der Waals surface area contributed by atoms with Gasteiger partial charge in [-0.1, -0.05) is 6.07 Å². The van der Waals surface area contributed by atoms with E-state index in [-0.39, 0.29) is 34.1 Å². The van der Waals surface area contributed by atoms with E-state index < -0.39 is 23.7 Å². The topological polar surface area (TPSA) is 116 Å². The molecule has 1 aliphatic rings. The van der Waals surface area contributed by atoms with Crippen LogP contribution in [0.1, 0.15) is 22.0 Å². The molecule has 3 rings (SSSR count). The molecular formula is C16H14O7. The number of fused-ring (bicyclic) bond motifs is 1. The van der Waals surface area contributed by atoms with Crippen molar-refractivity contribution in [1.82, 2.24) is 0 Å². The number of aliphatic hydroxyl groups excluding tert-OH is 1. The predicted molar refractivity (Wildman–Crippen MR) is 78.1 cm³/mol. The minimum absolute atomic E-state index is 0.0142. The Morgan fingerprint density at radius 2 is 1.74 bits per heavy atom. The van der Waals surface area contributed by atoms with Crippen molar-refractivity contribution in [2.75, 3.05) is 7.11 Å². The minimum Gasteiger partial charge on any atom is -0.504 e. The molecule has 2 aromatic rings. The molecule has 0 fully saturated rings. The molecule has 7 nitrogen and oxygen atoms in total. The third-order valence-electron chi connectivity index (χ3n) is 3.69. The number of ether oxygens (including phenoxy) is 2. The quantitative estimate of drug-likeness (QED) is 0.620. The van der Waals surface area contributed by atoms with Crippen molar-refractivity contribution in [3.05, 3.63) is 41.5 Å². The largest absolute Gasteiger partial charge is 0.504 e. The molecule has 0 saturated heterocycles. The van der Waals surface area contributed by atoms with Crippen LogP contribution in [0, 0.1) is 0 Å². The second-order valence-corrected chi connectivity index (χ2v) is 5.09. The van der Waals surface area contributed by atoms with E-state index in [9.17, 15) is 25.2 Å². The zero-order valence-electron chi connectivity index (χ0n) is 12.1. The van der Waals surface area contributed by atoms with E-state index in [4.69, 9.17) is 9.47 Å².